The van der Waals surface area contributed by atoms with E-state index >= 15 is 0 Å². The van der Waals surface area contributed by atoms with Crippen LogP contribution in [0.2, 0.25) is 0 Å². The Kier molecular flexibility index (Phi) is 6.93. The molecule has 20 heavy (non-hydrogen) atoms. The zero-order valence-electron chi connectivity index (χ0n) is 12.2. The molecule has 1 N–H and O–H groups in total. The van der Waals surface area contributed by atoms with E-state index in [4.69, 9.17) is 9.26 Å². The van der Waals surface area contributed by atoms with E-state index in [1.54, 1.807) is 20.8 Å². The Bertz CT molecular complexity index is 464. The van der Waals surface area contributed by atoms with Crippen LogP contribution in [-0.4, -0.2) is 25.2 Å². The Balaban J connectivity index is 2.76. The monoisotopic (exact) mass is 299 g/mol. The third-order valence-corrected chi connectivity index (χ3v) is 4.84. The Hall–Kier alpha value is -1.16. The first kappa shape index (κ1) is 16.9. The summed E-state index contributed by atoms with van der Waals surface area (Å²) in [6, 6.07) is 8.73. The van der Waals surface area contributed by atoms with E-state index in [1.165, 1.54) is 0 Å². The number of rotatable bonds is 8. The quantitative estimate of drug-likeness (QED) is 0.590. The molecule has 0 spiro atoms. The smallest absolute Gasteiger partial charge is 0.323 e. The third-order valence-electron chi connectivity index (χ3n) is 2.60. The second-order valence-corrected chi connectivity index (χ2v) is 6.52. The molecule has 1 aromatic carbocycles. The first-order valence-electron chi connectivity index (χ1n) is 6.72. The molecule has 1 rings (SSSR count). The number of nitrogens with one attached hydrogen (secondary N) is 1. The largest absolute Gasteiger partial charge is 0.465 e. The van der Waals surface area contributed by atoms with Gasteiger partial charge in [-0.15, -0.1) is 0 Å². The van der Waals surface area contributed by atoms with Crippen molar-refractivity contribution in [1.82, 2.24) is 5.09 Å². The number of benzene rings is 1. The van der Waals surface area contributed by atoms with Crippen molar-refractivity contribution in [3.8, 4) is 0 Å². The predicted octanol–water partition coefficient (Wildman–Crippen LogP) is 2.96. The van der Waals surface area contributed by atoms with Gasteiger partial charge >= 0.3 is 5.97 Å². The summed E-state index contributed by atoms with van der Waals surface area (Å²) in [4.78, 5) is 11.6. The van der Waals surface area contributed by atoms with Gasteiger partial charge in [0.2, 0.25) is 0 Å². The first-order chi connectivity index (χ1) is 9.50. The minimum atomic E-state index is -3.13. The van der Waals surface area contributed by atoms with E-state index < -0.39 is 19.5 Å². The molecule has 112 valence electrons. The zero-order chi connectivity index (χ0) is 15.0. The highest BCUT2D eigenvalue weighted by molar-refractivity contribution is 7.56. The SMILES string of the molecule is CCOC(=O)[C@H](C)NP(=O)(Cc1ccccc1)OCC. The van der Waals surface area contributed by atoms with Crippen molar-refractivity contribution in [2.45, 2.75) is 33.0 Å². The molecule has 0 fully saturated rings. The van der Waals surface area contributed by atoms with Crippen LogP contribution >= 0.6 is 7.52 Å². The number of carbonyl (C=O) groups is 1. The molecule has 1 aromatic rings. The Morgan fingerprint density at radius 1 is 1.25 bits per heavy atom. The summed E-state index contributed by atoms with van der Waals surface area (Å²) in [7, 11) is -3.13. The van der Waals surface area contributed by atoms with E-state index in [1.807, 2.05) is 30.3 Å². The molecule has 6 heteroatoms. The molecule has 5 nitrogen and oxygen atoms in total. The molecule has 0 aliphatic heterocycles. The van der Waals surface area contributed by atoms with Crippen LogP contribution in [0, 0.1) is 0 Å². The zero-order valence-corrected chi connectivity index (χ0v) is 13.1. The predicted molar refractivity (Wildman–Crippen MR) is 78.6 cm³/mol. The number of ether oxygens (including phenoxy) is 1. The van der Waals surface area contributed by atoms with E-state index in [0.29, 0.717) is 13.2 Å². The van der Waals surface area contributed by atoms with Crippen LogP contribution in [0.15, 0.2) is 30.3 Å². The van der Waals surface area contributed by atoms with Crippen LogP contribution < -0.4 is 5.09 Å². The minimum Gasteiger partial charge on any atom is -0.465 e. The minimum absolute atomic E-state index is 0.241. The lowest BCUT2D eigenvalue weighted by Gasteiger charge is -2.22. The lowest BCUT2D eigenvalue weighted by atomic mass is 10.2. The molecule has 0 heterocycles. The van der Waals surface area contributed by atoms with Gasteiger partial charge in [0, 0.05) is 0 Å². The summed E-state index contributed by atoms with van der Waals surface area (Å²) in [5, 5.41) is 2.79. The van der Waals surface area contributed by atoms with Gasteiger partial charge in [-0.25, -0.2) is 5.09 Å². The molecule has 0 aliphatic carbocycles. The van der Waals surface area contributed by atoms with Gasteiger partial charge in [-0.05, 0) is 26.3 Å². The number of hydrogen-bond acceptors (Lipinski definition) is 4. The second kappa shape index (κ2) is 8.20. The van der Waals surface area contributed by atoms with Gasteiger partial charge in [0.1, 0.15) is 6.04 Å². The van der Waals surface area contributed by atoms with E-state index in [-0.39, 0.29) is 6.16 Å². The molecule has 0 aliphatic rings. The van der Waals surface area contributed by atoms with Gasteiger partial charge < -0.3 is 9.26 Å². The fourth-order valence-electron chi connectivity index (χ4n) is 1.78. The van der Waals surface area contributed by atoms with Gasteiger partial charge in [-0.1, -0.05) is 30.3 Å². The van der Waals surface area contributed by atoms with Gasteiger partial charge in [-0.2, -0.15) is 0 Å². The molecular weight excluding hydrogens is 277 g/mol. The standard InChI is InChI=1S/C14H22NO4P/c1-4-18-14(16)12(3)15-20(17,19-5-2)11-13-9-7-6-8-10-13/h6-10,12H,4-5,11H2,1-3H3,(H,15,17)/t12-,20?/m0/s1. The van der Waals surface area contributed by atoms with Crippen molar-refractivity contribution in [2.75, 3.05) is 13.2 Å². The van der Waals surface area contributed by atoms with Gasteiger partial charge in [0.25, 0.3) is 7.52 Å². The fourth-order valence-corrected chi connectivity index (χ4v) is 3.84. The third kappa shape index (κ3) is 5.45. The van der Waals surface area contributed by atoms with Crippen LogP contribution in [0.25, 0.3) is 0 Å². The van der Waals surface area contributed by atoms with Crippen LogP contribution in [0.3, 0.4) is 0 Å². The summed E-state index contributed by atoms with van der Waals surface area (Å²) in [5.74, 6) is -0.430. The number of esters is 1. The first-order valence-corrected chi connectivity index (χ1v) is 8.53. The average Bonchev–Trinajstić information content (AvgIpc) is 2.40. The molecule has 0 bridgehead atoms. The Morgan fingerprint density at radius 2 is 1.90 bits per heavy atom. The summed E-state index contributed by atoms with van der Waals surface area (Å²) in [6.07, 6.45) is 0.241. The maximum Gasteiger partial charge on any atom is 0.323 e. The summed E-state index contributed by atoms with van der Waals surface area (Å²) < 4.78 is 23.0. The summed E-state index contributed by atoms with van der Waals surface area (Å²) in [5.41, 5.74) is 0.896. The normalized spacial score (nSPS) is 15.3. The number of hydrogen-bond donors (Lipinski definition) is 1. The molecule has 1 unspecified atom stereocenters. The molecule has 0 saturated carbocycles. The second-order valence-electron chi connectivity index (χ2n) is 4.34. The average molecular weight is 299 g/mol. The van der Waals surface area contributed by atoms with Gasteiger partial charge in [0.05, 0.1) is 19.4 Å². The molecule has 0 saturated heterocycles. The van der Waals surface area contributed by atoms with Crippen molar-refractivity contribution in [3.63, 3.8) is 0 Å². The highest BCUT2D eigenvalue weighted by Crippen LogP contribution is 2.46. The highest BCUT2D eigenvalue weighted by Gasteiger charge is 2.28. The lowest BCUT2D eigenvalue weighted by Crippen LogP contribution is -2.34. The maximum absolute atomic E-state index is 12.8. The van der Waals surface area contributed by atoms with Crippen LogP contribution in [-0.2, 0) is 24.8 Å². The van der Waals surface area contributed by atoms with Crippen molar-refractivity contribution in [2.24, 2.45) is 0 Å². The Labute approximate surface area is 120 Å². The van der Waals surface area contributed by atoms with Crippen molar-refractivity contribution in [3.05, 3.63) is 35.9 Å². The highest BCUT2D eigenvalue weighted by atomic mass is 31.2. The molecule has 2 atom stereocenters. The van der Waals surface area contributed by atoms with E-state index in [2.05, 4.69) is 5.09 Å². The molecular formula is C14H22NO4P. The summed E-state index contributed by atoms with van der Waals surface area (Å²) in [6.45, 7) is 5.73. The van der Waals surface area contributed by atoms with Crippen LogP contribution in [0.1, 0.15) is 26.3 Å². The van der Waals surface area contributed by atoms with Crippen LogP contribution in [0.4, 0.5) is 0 Å². The number of carbonyl (C=O) groups excluding carboxylic acids is 1. The Morgan fingerprint density at radius 3 is 2.45 bits per heavy atom. The maximum atomic E-state index is 12.8. The van der Waals surface area contributed by atoms with Crippen molar-refractivity contribution < 1.29 is 18.6 Å². The van der Waals surface area contributed by atoms with E-state index in [0.717, 1.165) is 5.56 Å². The van der Waals surface area contributed by atoms with Crippen LogP contribution in [0.5, 0.6) is 0 Å². The van der Waals surface area contributed by atoms with Crippen molar-refractivity contribution >= 4 is 13.5 Å². The molecule has 0 aromatic heterocycles. The molecule has 0 amide bonds. The fraction of sp³-hybridized carbons (Fsp3) is 0.500. The lowest BCUT2D eigenvalue weighted by molar-refractivity contribution is -0.144. The van der Waals surface area contributed by atoms with Gasteiger partial charge in [0.15, 0.2) is 0 Å². The van der Waals surface area contributed by atoms with E-state index in [9.17, 15) is 9.36 Å². The molecule has 0 radical (unpaired) electrons. The van der Waals surface area contributed by atoms with Gasteiger partial charge in [-0.3, -0.25) is 9.36 Å². The van der Waals surface area contributed by atoms with Crippen molar-refractivity contribution in [1.29, 1.82) is 0 Å². The summed E-state index contributed by atoms with van der Waals surface area (Å²) >= 11 is 0. The topological polar surface area (TPSA) is 64.6 Å².